The highest BCUT2D eigenvalue weighted by Crippen LogP contribution is 2.36. The largest absolute Gasteiger partial charge is 0.493 e. The molecule has 7 nitrogen and oxygen atoms in total. The van der Waals surface area contributed by atoms with Crippen molar-refractivity contribution in [2.45, 2.75) is 26.4 Å². The van der Waals surface area contributed by atoms with Gasteiger partial charge in [-0.3, -0.25) is 4.79 Å². The number of aromatic nitrogens is 2. The molecule has 0 N–H and O–H groups in total. The van der Waals surface area contributed by atoms with Crippen LogP contribution < -0.4 is 9.47 Å². The van der Waals surface area contributed by atoms with E-state index in [1.165, 1.54) is 0 Å². The molecule has 0 fully saturated rings. The van der Waals surface area contributed by atoms with Crippen LogP contribution in [0.3, 0.4) is 0 Å². The van der Waals surface area contributed by atoms with Gasteiger partial charge >= 0.3 is 0 Å². The molecule has 0 radical (unpaired) electrons. The molecule has 0 spiro atoms. The van der Waals surface area contributed by atoms with Crippen LogP contribution in [0.5, 0.6) is 17.4 Å². The van der Waals surface area contributed by atoms with Crippen molar-refractivity contribution < 1.29 is 18.7 Å². The first kappa shape index (κ1) is 24.9. The van der Waals surface area contributed by atoms with Crippen LogP contribution in [-0.4, -0.2) is 27.7 Å². The number of aryl methyl sites for hydroxylation is 1. The Kier molecular flexibility index (Phi) is 7.54. The molecule has 7 heteroatoms. The molecule has 38 heavy (non-hydrogen) atoms. The van der Waals surface area contributed by atoms with Crippen LogP contribution in [0.1, 0.15) is 34.3 Å². The molecule has 0 atom stereocenters. The lowest BCUT2D eigenvalue weighted by atomic mass is 10.1. The molecule has 3 aromatic carbocycles. The van der Waals surface area contributed by atoms with Crippen molar-refractivity contribution in [2.75, 3.05) is 7.11 Å². The maximum Gasteiger partial charge on any atom is 0.254 e. The second-order valence-corrected chi connectivity index (χ2v) is 8.69. The second-order valence-electron chi connectivity index (χ2n) is 8.69. The number of nitrogens with zero attached hydrogens (tertiary/aromatic N) is 3. The first-order valence-electron chi connectivity index (χ1n) is 12.5. The van der Waals surface area contributed by atoms with E-state index in [0.717, 1.165) is 16.9 Å². The van der Waals surface area contributed by atoms with E-state index in [1.54, 1.807) is 23.0 Å². The zero-order chi connectivity index (χ0) is 26.3. The zero-order valence-electron chi connectivity index (χ0n) is 21.4. The number of ether oxygens (including phenoxy) is 2. The Labute approximate surface area is 221 Å². The van der Waals surface area contributed by atoms with Crippen LogP contribution in [-0.2, 0) is 19.5 Å². The molecule has 2 aromatic heterocycles. The lowest BCUT2D eigenvalue weighted by Gasteiger charge is -2.23. The van der Waals surface area contributed by atoms with Gasteiger partial charge in [0.05, 0.1) is 43.4 Å². The van der Waals surface area contributed by atoms with Gasteiger partial charge in [0.1, 0.15) is 5.76 Å². The van der Waals surface area contributed by atoms with Gasteiger partial charge in [0.15, 0.2) is 11.5 Å². The normalized spacial score (nSPS) is 10.8. The molecular formula is C31H29N3O4. The summed E-state index contributed by atoms with van der Waals surface area (Å²) >= 11 is 0. The minimum absolute atomic E-state index is 0.111. The van der Waals surface area contributed by atoms with E-state index in [-0.39, 0.29) is 12.5 Å². The minimum Gasteiger partial charge on any atom is -0.493 e. The number of hydrogen-bond acceptors (Lipinski definition) is 5. The molecule has 0 saturated heterocycles. The minimum atomic E-state index is -0.111. The van der Waals surface area contributed by atoms with Gasteiger partial charge in [0, 0.05) is 5.56 Å². The number of carbonyl (C=O) groups excluding carboxylic acids is 1. The Morgan fingerprint density at radius 2 is 1.55 bits per heavy atom. The molecule has 0 aliphatic carbocycles. The zero-order valence-corrected chi connectivity index (χ0v) is 21.4. The fraction of sp³-hybridized carbons (Fsp3) is 0.161. The summed E-state index contributed by atoms with van der Waals surface area (Å²) in [7, 11) is 1.61. The second kappa shape index (κ2) is 11.5. The molecule has 5 rings (SSSR count). The summed E-state index contributed by atoms with van der Waals surface area (Å²) in [5, 5.41) is 4.92. The highest BCUT2D eigenvalue weighted by atomic mass is 16.5. The first-order valence-corrected chi connectivity index (χ1v) is 12.5. The summed E-state index contributed by atoms with van der Waals surface area (Å²) in [6, 6.07) is 30.2. The van der Waals surface area contributed by atoms with Crippen LogP contribution in [0, 0.1) is 0 Å². The monoisotopic (exact) mass is 507 g/mol. The summed E-state index contributed by atoms with van der Waals surface area (Å²) in [6.07, 6.45) is 2.27. The third-order valence-electron chi connectivity index (χ3n) is 6.21. The van der Waals surface area contributed by atoms with E-state index in [9.17, 15) is 4.79 Å². The van der Waals surface area contributed by atoms with Crippen LogP contribution in [0.15, 0.2) is 108 Å². The van der Waals surface area contributed by atoms with Gasteiger partial charge in [-0.25, -0.2) is 4.68 Å². The molecule has 0 saturated carbocycles. The molecule has 0 aliphatic rings. The van der Waals surface area contributed by atoms with Crippen molar-refractivity contribution in [3.05, 3.63) is 126 Å². The van der Waals surface area contributed by atoms with Crippen molar-refractivity contribution in [2.24, 2.45) is 0 Å². The third kappa shape index (κ3) is 5.32. The topological polar surface area (TPSA) is 69.7 Å². The number of furan rings is 1. The van der Waals surface area contributed by atoms with Gasteiger partial charge in [0.25, 0.3) is 5.91 Å². The predicted molar refractivity (Wildman–Crippen MR) is 145 cm³/mol. The first-order chi connectivity index (χ1) is 18.7. The Morgan fingerprint density at radius 1 is 0.868 bits per heavy atom. The fourth-order valence-corrected chi connectivity index (χ4v) is 4.32. The summed E-state index contributed by atoms with van der Waals surface area (Å²) < 4.78 is 19.5. The SMILES string of the molecule is CCc1nn(-c2ccccc2)c(Oc2ccccc2OC)c1CN(Cc1ccco1)C(=O)c1ccccc1. The molecular weight excluding hydrogens is 478 g/mol. The van der Waals surface area contributed by atoms with Crippen LogP contribution in [0.4, 0.5) is 0 Å². The molecule has 0 unspecified atom stereocenters. The van der Waals surface area contributed by atoms with Crippen LogP contribution >= 0.6 is 0 Å². The summed E-state index contributed by atoms with van der Waals surface area (Å²) in [5.41, 5.74) is 3.10. The van der Waals surface area contributed by atoms with Gasteiger partial charge in [-0.2, -0.15) is 5.10 Å². The number of rotatable bonds is 10. The average Bonchev–Trinajstić information content (AvgIpc) is 3.61. The molecule has 1 amide bonds. The van der Waals surface area contributed by atoms with E-state index in [0.29, 0.717) is 41.7 Å². The number of amides is 1. The van der Waals surface area contributed by atoms with Crippen molar-refractivity contribution in [3.63, 3.8) is 0 Å². The van der Waals surface area contributed by atoms with Gasteiger partial charge in [-0.15, -0.1) is 0 Å². The van der Waals surface area contributed by atoms with Crippen molar-refractivity contribution in [1.29, 1.82) is 0 Å². The van der Waals surface area contributed by atoms with Gasteiger partial charge in [-0.05, 0) is 55.0 Å². The molecule has 0 bridgehead atoms. The average molecular weight is 508 g/mol. The lowest BCUT2D eigenvalue weighted by Crippen LogP contribution is -2.30. The standard InChI is InChI=1S/C31H29N3O4/c1-3-27-26(22-33(21-25-17-12-20-37-25)30(35)23-13-6-4-7-14-23)31(34(32-27)24-15-8-5-9-16-24)38-29-19-11-10-18-28(29)36-2/h4-20H,3,21-22H2,1-2H3. The van der Waals surface area contributed by atoms with Gasteiger partial charge < -0.3 is 18.8 Å². The number of benzene rings is 3. The third-order valence-corrected chi connectivity index (χ3v) is 6.21. The van der Waals surface area contributed by atoms with Crippen molar-refractivity contribution in [1.82, 2.24) is 14.7 Å². The Bertz CT molecular complexity index is 1480. The van der Waals surface area contributed by atoms with Crippen molar-refractivity contribution in [3.8, 4) is 23.1 Å². The van der Waals surface area contributed by atoms with Crippen LogP contribution in [0.2, 0.25) is 0 Å². The Hall–Kier alpha value is -4.78. The molecule has 2 heterocycles. The Morgan fingerprint density at radius 3 is 2.21 bits per heavy atom. The molecule has 5 aromatic rings. The summed E-state index contributed by atoms with van der Waals surface area (Å²) in [6.45, 7) is 2.62. The smallest absolute Gasteiger partial charge is 0.254 e. The number of methoxy groups -OCH3 is 1. The van der Waals surface area contributed by atoms with Crippen LogP contribution in [0.25, 0.3) is 5.69 Å². The highest BCUT2D eigenvalue weighted by Gasteiger charge is 2.26. The highest BCUT2D eigenvalue weighted by molar-refractivity contribution is 5.94. The maximum absolute atomic E-state index is 13.7. The van der Waals surface area contributed by atoms with Gasteiger partial charge in [0.2, 0.25) is 5.88 Å². The van der Waals surface area contributed by atoms with E-state index in [2.05, 4.69) is 0 Å². The Balaban J connectivity index is 1.62. The van der Waals surface area contributed by atoms with E-state index in [1.807, 2.05) is 104 Å². The molecule has 192 valence electrons. The lowest BCUT2D eigenvalue weighted by molar-refractivity contribution is 0.0716. The van der Waals surface area contributed by atoms with Crippen molar-refractivity contribution >= 4 is 5.91 Å². The maximum atomic E-state index is 13.7. The number of para-hydroxylation sites is 3. The number of carbonyl (C=O) groups is 1. The summed E-state index contributed by atoms with van der Waals surface area (Å²) in [5.74, 6) is 2.27. The van der Waals surface area contributed by atoms with Gasteiger partial charge in [-0.1, -0.05) is 55.5 Å². The fourth-order valence-electron chi connectivity index (χ4n) is 4.32. The quantitative estimate of drug-likeness (QED) is 0.211. The van der Waals surface area contributed by atoms with E-state index < -0.39 is 0 Å². The molecule has 0 aliphatic heterocycles. The predicted octanol–water partition coefficient (Wildman–Crippen LogP) is 6.67. The van der Waals surface area contributed by atoms with E-state index >= 15 is 0 Å². The van der Waals surface area contributed by atoms with E-state index in [4.69, 9.17) is 19.0 Å². The summed E-state index contributed by atoms with van der Waals surface area (Å²) in [4.78, 5) is 15.5. The number of hydrogen-bond donors (Lipinski definition) is 0.